The van der Waals surface area contributed by atoms with E-state index in [-0.39, 0.29) is 18.9 Å². The van der Waals surface area contributed by atoms with Crippen LogP contribution in [-0.4, -0.2) is 46.0 Å². The smallest absolute Gasteiger partial charge is 0.307 e. The number of benzene rings is 2. The molecule has 0 spiro atoms. The molecule has 0 saturated heterocycles. The number of aromatic amines is 2. The molecule has 2 heterocycles. The zero-order valence-corrected chi connectivity index (χ0v) is 15.5. The molecule has 28 heavy (non-hydrogen) atoms. The lowest BCUT2D eigenvalue weighted by molar-refractivity contribution is -0.136. The standard InChI is InChI=1S/C22H22N2O4/c1-28-19(12-25)21(16-11-23-17-8-4-2-7-14(16)17)22-15(10-20(26)27)13-6-3-5-9-18(13)24-22/h2-9,11,19,21,23-25H,10,12H2,1H3,(H,26,27). The molecule has 0 aliphatic carbocycles. The lowest BCUT2D eigenvalue weighted by Gasteiger charge is -2.25. The first-order chi connectivity index (χ1) is 13.6. The molecule has 0 radical (unpaired) electrons. The first kappa shape index (κ1) is 18.3. The molecule has 0 aliphatic rings. The van der Waals surface area contributed by atoms with E-state index in [0.717, 1.165) is 33.1 Å². The van der Waals surface area contributed by atoms with Gasteiger partial charge in [-0.1, -0.05) is 36.4 Å². The third-order valence-corrected chi connectivity index (χ3v) is 5.30. The molecule has 0 aliphatic heterocycles. The van der Waals surface area contributed by atoms with E-state index in [2.05, 4.69) is 9.97 Å². The van der Waals surface area contributed by atoms with Gasteiger partial charge >= 0.3 is 5.97 Å². The number of hydrogen-bond donors (Lipinski definition) is 4. The number of aliphatic hydroxyl groups is 1. The summed E-state index contributed by atoms with van der Waals surface area (Å²) in [6.07, 6.45) is 1.27. The van der Waals surface area contributed by atoms with E-state index in [1.165, 1.54) is 0 Å². The van der Waals surface area contributed by atoms with Gasteiger partial charge < -0.3 is 24.9 Å². The number of nitrogens with one attached hydrogen (secondary N) is 2. The number of carbonyl (C=O) groups is 1. The Morgan fingerprint density at radius 2 is 1.75 bits per heavy atom. The molecule has 0 bridgehead atoms. The average Bonchev–Trinajstić information content (AvgIpc) is 3.28. The van der Waals surface area contributed by atoms with Crippen LogP contribution >= 0.6 is 0 Å². The van der Waals surface area contributed by atoms with Gasteiger partial charge in [0, 0.05) is 40.8 Å². The van der Waals surface area contributed by atoms with E-state index in [1.54, 1.807) is 7.11 Å². The number of rotatable bonds is 7. The Morgan fingerprint density at radius 3 is 2.43 bits per heavy atom. The Morgan fingerprint density at radius 1 is 1.07 bits per heavy atom. The predicted octanol–water partition coefficient (Wildman–Crippen LogP) is 3.42. The van der Waals surface area contributed by atoms with E-state index < -0.39 is 12.1 Å². The molecule has 4 aromatic rings. The van der Waals surface area contributed by atoms with Crippen molar-refractivity contribution in [3.8, 4) is 0 Å². The Hall–Kier alpha value is -3.09. The number of aromatic nitrogens is 2. The number of aliphatic carboxylic acids is 1. The summed E-state index contributed by atoms with van der Waals surface area (Å²) < 4.78 is 5.61. The van der Waals surface area contributed by atoms with Crippen molar-refractivity contribution >= 4 is 27.8 Å². The average molecular weight is 378 g/mol. The maximum Gasteiger partial charge on any atom is 0.307 e. The van der Waals surface area contributed by atoms with Gasteiger partial charge in [-0.15, -0.1) is 0 Å². The van der Waals surface area contributed by atoms with Crippen LogP contribution in [0, 0.1) is 0 Å². The van der Waals surface area contributed by atoms with Crippen molar-refractivity contribution in [1.82, 2.24) is 9.97 Å². The van der Waals surface area contributed by atoms with E-state index in [4.69, 9.17) is 4.74 Å². The summed E-state index contributed by atoms with van der Waals surface area (Å²) in [5.41, 5.74) is 4.27. The Balaban J connectivity index is 1.99. The Kier molecular flexibility index (Phi) is 4.90. The van der Waals surface area contributed by atoms with Crippen LogP contribution in [0.1, 0.15) is 22.7 Å². The molecule has 6 nitrogen and oxygen atoms in total. The summed E-state index contributed by atoms with van der Waals surface area (Å²) in [6.45, 7) is -0.192. The van der Waals surface area contributed by atoms with Gasteiger partial charge in [0.2, 0.25) is 0 Å². The summed E-state index contributed by atoms with van der Waals surface area (Å²) in [5.74, 6) is -1.26. The monoisotopic (exact) mass is 378 g/mol. The highest BCUT2D eigenvalue weighted by atomic mass is 16.5. The molecule has 0 amide bonds. The highest BCUT2D eigenvalue weighted by molar-refractivity contribution is 5.90. The van der Waals surface area contributed by atoms with E-state index >= 15 is 0 Å². The van der Waals surface area contributed by atoms with Crippen molar-refractivity contribution < 1.29 is 19.7 Å². The third-order valence-electron chi connectivity index (χ3n) is 5.30. The van der Waals surface area contributed by atoms with Crippen LogP contribution in [0.3, 0.4) is 0 Å². The van der Waals surface area contributed by atoms with Gasteiger partial charge in [-0.25, -0.2) is 0 Å². The highest BCUT2D eigenvalue weighted by Crippen LogP contribution is 2.38. The summed E-state index contributed by atoms with van der Waals surface area (Å²) >= 11 is 0. The molecule has 6 heteroatoms. The maximum absolute atomic E-state index is 11.6. The molecule has 0 saturated carbocycles. The number of methoxy groups -OCH3 is 1. The van der Waals surface area contributed by atoms with Crippen molar-refractivity contribution in [1.29, 1.82) is 0 Å². The first-order valence-electron chi connectivity index (χ1n) is 9.15. The van der Waals surface area contributed by atoms with E-state index in [0.29, 0.717) is 5.56 Å². The zero-order chi connectivity index (χ0) is 19.7. The van der Waals surface area contributed by atoms with Gasteiger partial charge in [0.25, 0.3) is 0 Å². The predicted molar refractivity (Wildman–Crippen MR) is 108 cm³/mol. The number of aliphatic hydroxyl groups excluding tert-OH is 1. The third kappa shape index (κ3) is 3.06. The second kappa shape index (κ2) is 7.50. The van der Waals surface area contributed by atoms with Gasteiger partial charge in [-0.3, -0.25) is 4.79 Å². The fourth-order valence-corrected chi connectivity index (χ4v) is 4.04. The minimum absolute atomic E-state index is 0.111. The van der Waals surface area contributed by atoms with E-state index in [1.807, 2.05) is 54.7 Å². The number of ether oxygens (including phenoxy) is 1. The van der Waals surface area contributed by atoms with Gasteiger partial charge in [0.1, 0.15) is 0 Å². The van der Waals surface area contributed by atoms with E-state index in [9.17, 15) is 15.0 Å². The molecule has 2 unspecified atom stereocenters. The molecular weight excluding hydrogens is 356 g/mol. The number of hydrogen-bond acceptors (Lipinski definition) is 3. The molecule has 2 atom stereocenters. The van der Waals surface area contributed by atoms with Gasteiger partial charge in [0.15, 0.2) is 0 Å². The maximum atomic E-state index is 11.6. The number of para-hydroxylation sites is 2. The normalized spacial score (nSPS) is 13.8. The van der Waals surface area contributed by atoms with Crippen LogP contribution in [0.25, 0.3) is 21.8 Å². The van der Waals surface area contributed by atoms with Crippen LogP contribution in [0.15, 0.2) is 54.7 Å². The van der Waals surface area contributed by atoms with Crippen molar-refractivity contribution in [2.45, 2.75) is 18.4 Å². The fourth-order valence-electron chi connectivity index (χ4n) is 4.04. The van der Waals surface area contributed by atoms with Gasteiger partial charge in [-0.05, 0) is 23.3 Å². The molecule has 2 aromatic carbocycles. The molecular formula is C22H22N2O4. The van der Waals surface area contributed by atoms with Crippen LogP contribution in [0.4, 0.5) is 0 Å². The zero-order valence-electron chi connectivity index (χ0n) is 15.5. The molecule has 2 aromatic heterocycles. The van der Waals surface area contributed by atoms with Crippen LogP contribution in [-0.2, 0) is 16.0 Å². The van der Waals surface area contributed by atoms with Crippen LogP contribution in [0.5, 0.6) is 0 Å². The summed E-state index contributed by atoms with van der Waals surface area (Å²) in [7, 11) is 1.56. The number of carboxylic acids is 1. The number of H-pyrrole nitrogens is 2. The summed E-state index contributed by atoms with van der Waals surface area (Å²) in [4.78, 5) is 18.3. The second-order valence-corrected chi connectivity index (χ2v) is 6.86. The number of fused-ring (bicyclic) bond motifs is 2. The van der Waals surface area contributed by atoms with Crippen molar-refractivity contribution in [3.63, 3.8) is 0 Å². The topological polar surface area (TPSA) is 98.3 Å². The fraction of sp³-hybridized carbons (Fsp3) is 0.227. The first-order valence-corrected chi connectivity index (χ1v) is 9.15. The molecule has 0 fully saturated rings. The highest BCUT2D eigenvalue weighted by Gasteiger charge is 2.31. The quantitative estimate of drug-likeness (QED) is 0.396. The lowest BCUT2D eigenvalue weighted by Crippen LogP contribution is -2.27. The van der Waals surface area contributed by atoms with Crippen molar-refractivity contribution in [2.24, 2.45) is 0 Å². The van der Waals surface area contributed by atoms with Gasteiger partial charge in [0.05, 0.1) is 25.0 Å². The SMILES string of the molecule is COC(CO)C(c1[nH]c2ccccc2c1CC(=O)O)c1c[nH]c2ccccc12. The van der Waals surface area contributed by atoms with Crippen molar-refractivity contribution in [3.05, 3.63) is 71.5 Å². The Labute approximate surface area is 161 Å². The number of carboxylic acid groups (broad SMARTS) is 1. The second-order valence-electron chi connectivity index (χ2n) is 6.86. The van der Waals surface area contributed by atoms with Crippen LogP contribution < -0.4 is 0 Å². The lowest BCUT2D eigenvalue weighted by atomic mass is 9.87. The van der Waals surface area contributed by atoms with Crippen molar-refractivity contribution in [2.75, 3.05) is 13.7 Å². The molecule has 4 rings (SSSR count). The summed E-state index contributed by atoms with van der Waals surface area (Å²) in [5, 5.41) is 21.4. The molecule has 4 N–H and O–H groups in total. The summed E-state index contributed by atoms with van der Waals surface area (Å²) in [6, 6.07) is 15.6. The largest absolute Gasteiger partial charge is 0.481 e. The van der Waals surface area contributed by atoms with Crippen LogP contribution in [0.2, 0.25) is 0 Å². The van der Waals surface area contributed by atoms with Gasteiger partial charge in [-0.2, -0.15) is 0 Å². The molecule has 144 valence electrons. The minimum atomic E-state index is -0.901. The minimum Gasteiger partial charge on any atom is -0.481 e. The Bertz CT molecular complexity index is 1120.